The van der Waals surface area contributed by atoms with Crippen LogP contribution < -0.4 is 5.32 Å². The van der Waals surface area contributed by atoms with Crippen LogP contribution in [0.25, 0.3) is 11.1 Å². The molecule has 0 spiro atoms. The van der Waals surface area contributed by atoms with Crippen LogP contribution in [-0.2, 0) is 6.54 Å². The van der Waals surface area contributed by atoms with E-state index in [0.717, 1.165) is 17.7 Å². The second-order valence-electron chi connectivity index (χ2n) is 4.80. The van der Waals surface area contributed by atoms with Crippen molar-refractivity contribution in [3.63, 3.8) is 0 Å². The van der Waals surface area contributed by atoms with Gasteiger partial charge >= 0.3 is 0 Å². The molecular formula is C15H18FNS. The van der Waals surface area contributed by atoms with Crippen LogP contribution in [0.4, 0.5) is 4.39 Å². The van der Waals surface area contributed by atoms with E-state index in [-0.39, 0.29) is 5.82 Å². The molecule has 0 unspecified atom stereocenters. The van der Waals surface area contributed by atoms with Gasteiger partial charge in [-0.2, -0.15) is 0 Å². The van der Waals surface area contributed by atoms with E-state index in [2.05, 4.69) is 19.2 Å². The van der Waals surface area contributed by atoms with Gasteiger partial charge < -0.3 is 5.32 Å². The first kappa shape index (κ1) is 13.2. The van der Waals surface area contributed by atoms with Crippen LogP contribution in [0, 0.1) is 12.7 Å². The Kier molecular flexibility index (Phi) is 4.15. The Labute approximate surface area is 112 Å². The predicted molar refractivity (Wildman–Crippen MR) is 76.4 cm³/mol. The van der Waals surface area contributed by atoms with Crippen molar-refractivity contribution in [1.82, 2.24) is 5.32 Å². The van der Waals surface area contributed by atoms with Crippen molar-refractivity contribution in [3.8, 4) is 11.1 Å². The molecule has 0 aliphatic rings. The van der Waals surface area contributed by atoms with Gasteiger partial charge in [0.05, 0.1) is 0 Å². The normalized spacial score (nSPS) is 11.2. The molecular weight excluding hydrogens is 245 g/mol. The van der Waals surface area contributed by atoms with Crippen molar-refractivity contribution in [2.75, 3.05) is 0 Å². The molecule has 1 heterocycles. The molecule has 1 nitrogen and oxygen atoms in total. The van der Waals surface area contributed by atoms with Crippen LogP contribution in [0.15, 0.2) is 29.6 Å². The second kappa shape index (κ2) is 5.63. The van der Waals surface area contributed by atoms with E-state index in [9.17, 15) is 4.39 Å². The molecule has 0 saturated heterocycles. The number of nitrogens with one attached hydrogen (secondary N) is 1. The summed E-state index contributed by atoms with van der Waals surface area (Å²) in [7, 11) is 0. The van der Waals surface area contributed by atoms with Gasteiger partial charge in [0.1, 0.15) is 5.82 Å². The maximum Gasteiger partial charge on any atom is 0.131 e. The molecule has 96 valence electrons. The fourth-order valence-corrected chi connectivity index (χ4v) is 2.51. The van der Waals surface area contributed by atoms with Crippen molar-refractivity contribution in [2.45, 2.75) is 33.4 Å². The van der Waals surface area contributed by atoms with Crippen molar-refractivity contribution < 1.29 is 4.39 Å². The van der Waals surface area contributed by atoms with Crippen LogP contribution in [0.3, 0.4) is 0 Å². The van der Waals surface area contributed by atoms with E-state index in [4.69, 9.17) is 0 Å². The highest BCUT2D eigenvalue weighted by Crippen LogP contribution is 2.28. The fourth-order valence-electron chi connectivity index (χ4n) is 1.81. The summed E-state index contributed by atoms with van der Waals surface area (Å²) in [5.74, 6) is -0.152. The van der Waals surface area contributed by atoms with Gasteiger partial charge in [0, 0.05) is 23.0 Å². The Morgan fingerprint density at radius 1 is 1.28 bits per heavy atom. The molecule has 3 heteroatoms. The third kappa shape index (κ3) is 3.18. The first-order valence-electron chi connectivity index (χ1n) is 6.13. The quantitative estimate of drug-likeness (QED) is 0.864. The van der Waals surface area contributed by atoms with E-state index in [1.807, 2.05) is 30.5 Å². The Morgan fingerprint density at radius 3 is 2.67 bits per heavy atom. The lowest BCUT2D eigenvalue weighted by Gasteiger charge is -2.09. The highest BCUT2D eigenvalue weighted by molar-refractivity contribution is 7.10. The van der Waals surface area contributed by atoms with Crippen molar-refractivity contribution >= 4 is 11.3 Å². The van der Waals surface area contributed by atoms with E-state index < -0.39 is 0 Å². The first-order valence-corrected chi connectivity index (χ1v) is 7.01. The number of hydrogen-bond acceptors (Lipinski definition) is 2. The third-order valence-corrected chi connectivity index (χ3v) is 3.65. The van der Waals surface area contributed by atoms with Gasteiger partial charge in [-0.3, -0.25) is 0 Å². The summed E-state index contributed by atoms with van der Waals surface area (Å²) in [6, 6.07) is 7.80. The third-order valence-electron chi connectivity index (χ3n) is 2.79. The van der Waals surface area contributed by atoms with Crippen LogP contribution in [-0.4, -0.2) is 6.04 Å². The minimum atomic E-state index is -0.152. The lowest BCUT2D eigenvalue weighted by molar-refractivity contribution is 0.586. The lowest BCUT2D eigenvalue weighted by atomic mass is 10.0. The van der Waals surface area contributed by atoms with Crippen molar-refractivity contribution in [3.05, 3.63) is 45.9 Å². The number of thiophene rings is 1. The number of benzene rings is 1. The molecule has 1 N–H and O–H groups in total. The average molecular weight is 263 g/mol. The molecule has 0 aliphatic heterocycles. The van der Waals surface area contributed by atoms with Crippen LogP contribution >= 0.6 is 11.3 Å². The van der Waals surface area contributed by atoms with Crippen molar-refractivity contribution in [1.29, 1.82) is 0 Å². The first-order chi connectivity index (χ1) is 8.56. The minimum absolute atomic E-state index is 0.152. The lowest BCUT2D eigenvalue weighted by Crippen LogP contribution is -2.21. The molecule has 0 fully saturated rings. The molecule has 0 aliphatic carbocycles. The van der Waals surface area contributed by atoms with Crippen LogP contribution in [0.2, 0.25) is 0 Å². The highest BCUT2D eigenvalue weighted by Gasteiger charge is 2.08. The van der Waals surface area contributed by atoms with Gasteiger partial charge in [-0.15, -0.1) is 11.3 Å². The summed E-state index contributed by atoms with van der Waals surface area (Å²) in [6.45, 7) is 7.02. The molecule has 0 saturated carbocycles. The summed E-state index contributed by atoms with van der Waals surface area (Å²) in [5.41, 5.74) is 2.78. The van der Waals surface area contributed by atoms with Crippen LogP contribution in [0.1, 0.15) is 24.3 Å². The predicted octanol–water partition coefficient (Wildman–Crippen LogP) is 4.36. The van der Waals surface area contributed by atoms with E-state index in [0.29, 0.717) is 11.6 Å². The number of hydrogen-bond donors (Lipinski definition) is 1. The number of halogens is 1. The molecule has 0 radical (unpaired) electrons. The van der Waals surface area contributed by atoms with E-state index in [1.165, 1.54) is 4.88 Å². The molecule has 1 aromatic carbocycles. The molecule has 2 rings (SSSR count). The van der Waals surface area contributed by atoms with Gasteiger partial charge in [-0.1, -0.05) is 19.9 Å². The average Bonchev–Trinajstić information content (AvgIpc) is 2.74. The van der Waals surface area contributed by atoms with Gasteiger partial charge in [0.25, 0.3) is 0 Å². The van der Waals surface area contributed by atoms with E-state index in [1.54, 1.807) is 17.4 Å². The Morgan fingerprint density at radius 2 is 2.06 bits per heavy atom. The highest BCUT2D eigenvalue weighted by atomic mass is 32.1. The molecule has 1 aromatic heterocycles. The summed E-state index contributed by atoms with van der Waals surface area (Å²) < 4.78 is 13.8. The molecule has 2 aromatic rings. The topological polar surface area (TPSA) is 12.0 Å². The standard InChI is InChI=1S/C15H18FNS/c1-10(2)17-8-12-4-5-15(16)14(7-12)13-6-11(3)18-9-13/h4-7,9-10,17H,8H2,1-3H3. The maximum atomic E-state index is 13.8. The van der Waals surface area contributed by atoms with E-state index >= 15 is 0 Å². The summed E-state index contributed by atoms with van der Waals surface area (Å²) in [4.78, 5) is 1.20. The molecule has 18 heavy (non-hydrogen) atoms. The van der Waals surface area contributed by atoms with Crippen LogP contribution in [0.5, 0.6) is 0 Å². The largest absolute Gasteiger partial charge is 0.310 e. The summed E-state index contributed by atoms with van der Waals surface area (Å²) >= 11 is 1.65. The molecule has 0 bridgehead atoms. The summed E-state index contributed by atoms with van der Waals surface area (Å²) in [6.07, 6.45) is 0. The maximum absolute atomic E-state index is 13.8. The van der Waals surface area contributed by atoms with Gasteiger partial charge in [0.2, 0.25) is 0 Å². The zero-order valence-electron chi connectivity index (χ0n) is 11.0. The second-order valence-corrected chi connectivity index (χ2v) is 5.91. The smallest absolute Gasteiger partial charge is 0.131 e. The summed E-state index contributed by atoms with van der Waals surface area (Å²) in [5, 5.41) is 5.35. The zero-order chi connectivity index (χ0) is 13.1. The van der Waals surface area contributed by atoms with Gasteiger partial charge in [-0.05, 0) is 41.6 Å². The van der Waals surface area contributed by atoms with Crippen molar-refractivity contribution in [2.24, 2.45) is 0 Å². The minimum Gasteiger partial charge on any atom is -0.310 e. The Bertz CT molecular complexity index is 531. The number of aryl methyl sites for hydroxylation is 1. The zero-order valence-corrected chi connectivity index (χ0v) is 11.8. The molecule has 0 atom stereocenters. The Hall–Kier alpha value is -1.19. The monoisotopic (exact) mass is 263 g/mol. The number of rotatable bonds is 4. The van der Waals surface area contributed by atoms with Gasteiger partial charge in [-0.25, -0.2) is 4.39 Å². The van der Waals surface area contributed by atoms with Gasteiger partial charge in [0.15, 0.2) is 0 Å². The Balaban J connectivity index is 2.27. The SMILES string of the molecule is Cc1cc(-c2cc(CNC(C)C)ccc2F)cs1. The fraction of sp³-hybridized carbons (Fsp3) is 0.333. The molecule has 0 amide bonds.